The predicted octanol–water partition coefficient (Wildman–Crippen LogP) is 4.48. The number of ether oxygens (including phenoxy) is 1. The van der Waals surface area contributed by atoms with Gasteiger partial charge in [-0.3, -0.25) is 0 Å². The Morgan fingerprint density at radius 1 is 1.20 bits per heavy atom. The van der Waals surface area contributed by atoms with E-state index in [-0.39, 0.29) is 11.9 Å². The average molecular weight is 294 g/mol. The van der Waals surface area contributed by atoms with Crippen molar-refractivity contribution in [1.82, 2.24) is 0 Å². The summed E-state index contributed by atoms with van der Waals surface area (Å²) in [5, 5.41) is 0.592. The largest absolute Gasteiger partial charge is 0.496 e. The molecule has 0 heterocycles. The molecule has 0 radical (unpaired) electrons. The molecule has 0 bridgehead atoms. The van der Waals surface area contributed by atoms with Crippen LogP contribution in [0.15, 0.2) is 30.3 Å². The lowest BCUT2D eigenvalue weighted by atomic mass is 9.97. The van der Waals surface area contributed by atoms with Gasteiger partial charge in [-0.25, -0.2) is 4.39 Å². The zero-order chi connectivity index (χ0) is 14.9. The fraction of sp³-hybridized carbons (Fsp3) is 0.250. The van der Waals surface area contributed by atoms with Crippen LogP contribution in [0.4, 0.5) is 4.39 Å². The van der Waals surface area contributed by atoms with Gasteiger partial charge in [-0.1, -0.05) is 17.7 Å². The number of hydrogen-bond acceptors (Lipinski definition) is 2. The van der Waals surface area contributed by atoms with Gasteiger partial charge in [0.1, 0.15) is 11.6 Å². The number of benzene rings is 2. The monoisotopic (exact) mass is 293 g/mol. The Hall–Kier alpha value is -1.58. The molecule has 0 spiro atoms. The smallest absolute Gasteiger partial charge is 0.131 e. The predicted molar refractivity (Wildman–Crippen MR) is 80.7 cm³/mol. The van der Waals surface area contributed by atoms with E-state index in [4.69, 9.17) is 22.1 Å². The number of methoxy groups -OCH3 is 1. The van der Waals surface area contributed by atoms with Gasteiger partial charge in [-0.15, -0.1) is 0 Å². The van der Waals surface area contributed by atoms with Crippen LogP contribution in [0.2, 0.25) is 5.02 Å². The maximum atomic E-state index is 14.1. The van der Waals surface area contributed by atoms with Crippen LogP contribution in [0.1, 0.15) is 24.1 Å². The minimum absolute atomic E-state index is 0.159. The Labute approximate surface area is 123 Å². The maximum absolute atomic E-state index is 14.1. The van der Waals surface area contributed by atoms with Crippen LogP contribution >= 0.6 is 11.6 Å². The highest BCUT2D eigenvalue weighted by Crippen LogP contribution is 2.36. The van der Waals surface area contributed by atoms with E-state index >= 15 is 0 Å². The van der Waals surface area contributed by atoms with Crippen LogP contribution in [0, 0.1) is 12.7 Å². The minimum Gasteiger partial charge on any atom is -0.496 e. The molecule has 0 aliphatic rings. The second kappa shape index (κ2) is 5.81. The summed E-state index contributed by atoms with van der Waals surface area (Å²) in [6.07, 6.45) is 0. The Morgan fingerprint density at radius 2 is 1.90 bits per heavy atom. The summed E-state index contributed by atoms with van der Waals surface area (Å²) in [6, 6.07) is 8.24. The van der Waals surface area contributed by atoms with Crippen LogP contribution in [0.3, 0.4) is 0 Å². The van der Waals surface area contributed by atoms with Crippen LogP contribution < -0.4 is 10.5 Å². The van der Waals surface area contributed by atoms with Gasteiger partial charge in [-0.2, -0.15) is 0 Å². The highest BCUT2D eigenvalue weighted by atomic mass is 35.5. The normalized spacial score (nSPS) is 12.3. The third kappa shape index (κ3) is 2.79. The van der Waals surface area contributed by atoms with E-state index in [9.17, 15) is 4.39 Å². The third-order valence-electron chi connectivity index (χ3n) is 3.29. The van der Waals surface area contributed by atoms with Crippen molar-refractivity contribution in [2.24, 2.45) is 5.73 Å². The molecule has 1 atom stereocenters. The average Bonchev–Trinajstić information content (AvgIpc) is 2.41. The van der Waals surface area contributed by atoms with E-state index in [0.717, 1.165) is 11.1 Å². The molecule has 0 saturated carbocycles. The van der Waals surface area contributed by atoms with Crippen LogP contribution in [-0.2, 0) is 0 Å². The Bertz CT molecular complexity index is 641. The van der Waals surface area contributed by atoms with Crippen LogP contribution in [0.5, 0.6) is 5.75 Å². The van der Waals surface area contributed by atoms with Crippen LogP contribution in [0.25, 0.3) is 11.1 Å². The number of nitrogens with two attached hydrogens (primary N) is 1. The van der Waals surface area contributed by atoms with Gasteiger partial charge >= 0.3 is 0 Å². The van der Waals surface area contributed by atoms with Gasteiger partial charge in [0.2, 0.25) is 0 Å². The molecule has 106 valence electrons. The molecule has 0 fully saturated rings. The lowest BCUT2D eigenvalue weighted by Crippen LogP contribution is -2.05. The van der Waals surface area contributed by atoms with Crippen molar-refractivity contribution in [2.45, 2.75) is 19.9 Å². The molecular weight excluding hydrogens is 277 g/mol. The minimum atomic E-state index is -0.311. The molecule has 0 aliphatic carbocycles. The number of halogens is 2. The number of hydrogen-bond donors (Lipinski definition) is 1. The Kier molecular flexibility index (Phi) is 4.31. The van der Waals surface area contributed by atoms with Crippen LogP contribution in [-0.4, -0.2) is 7.11 Å². The lowest BCUT2D eigenvalue weighted by molar-refractivity contribution is 0.416. The molecule has 4 heteroatoms. The quantitative estimate of drug-likeness (QED) is 0.905. The van der Waals surface area contributed by atoms with Gasteiger partial charge in [0.15, 0.2) is 0 Å². The van der Waals surface area contributed by atoms with Gasteiger partial charge < -0.3 is 10.5 Å². The van der Waals surface area contributed by atoms with Gasteiger partial charge in [-0.05, 0) is 49.2 Å². The zero-order valence-corrected chi connectivity index (χ0v) is 12.5. The topological polar surface area (TPSA) is 35.2 Å². The van der Waals surface area contributed by atoms with E-state index in [1.54, 1.807) is 18.2 Å². The number of rotatable bonds is 3. The molecular formula is C16H17ClFNO. The van der Waals surface area contributed by atoms with E-state index < -0.39 is 0 Å². The van der Waals surface area contributed by atoms with Crippen molar-refractivity contribution in [1.29, 1.82) is 0 Å². The van der Waals surface area contributed by atoms with Gasteiger partial charge in [0.05, 0.1) is 7.11 Å². The van der Waals surface area contributed by atoms with E-state index in [1.165, 1.54) is 13.2 Å². The SMILES string of the molecule is COc1cc(Cl)c(C)cc1-c1cc(C(C)N)ccc1F. The molecule has 0 aromatic heterocycles. The first-order valence-corrected chi connectivity index (χ1v) is 6.71. The van der Waals surface area contributed by atoms with Gasteiger partial charge in [0, 0.05) is 22.2 Å². The maximum Gasteiger partial charge on any atom is 0.131 e. The Balaban J connectivity index is 2.67. The van der Waals surface area contributed by atoms with Crippen molar-refractivity contribution < 1.29 is 9.13 Å². The summed E-state index contributed by atoms with van der Waals surface area (Å²) < 4.78 is 19.4. The second-order valence-corrected chi connectivity index (χ2v) is 5.24. The van der Waals surface area contributed by atoms with Crippen molar-refractivity contribution >= 4 is 11.6 Å². The first kappa shape index (κ1) is 14.8. The summed E-state index contributed by atoms with van der Waals surface area (Å²) in [5.41, 5.74) is 8.74. The zero-order valence-electron chi connectivity index (χ0n) is 11.7. The summed E-state index contributed by atoms with van der Waals surface area (Å²) in [5.74, 6) is 0.232. The number of aryl methyl sites for hydroxylation is 1. The molecule has 2 aromatic rings. The van der Waals surface area contributed by atoms with E-state index in [1.807, 2.05) is 19.9 Å². The lowest BCUT2D eigenvalue weighted by Gasteiger charge is -2.14. The first-order valence-electron chi connectivity index (χ1n) is 6.33. The molecule has 0 amide bonds. The Morgan fingerprint density at radius 3 is 2.50 bits per heavy atom. The molecule has 2 nitrogen and oxygen atoms in total. The fourth-order valence-electron chi connectivity index (χ4n) is 2.08. The molecule has 1 unspecified atom stereocenters. The van der Waals surface area contributed by atoms with Crippen molar-refractivity contribution in [3.05, 3.63) is 52.3 Å². The highest BCUT2D eigenvalue weighted by molar-refractivity contribution is 6.31. The van der Waals surface area contributed by atoms with Crippen molar-refractivity contribution in [3.8, 4) is 16.9 Å². The first-order chi connectivity index (χ1) is 9.43. The van der Waals surface area contributed by atoms with E-state index in [2.05, 4.69) is 0 Å². The highest BCUT2D eigenvalue weighted by Gasteiger charge is 2.14. The molecule has 20 heavy (non-hydrogen) atoms. The molecule has 0 saturated heterocycles. The summed E-state index contributed by atoms with van der Waals surface area (Å²) >= 11 is 6.08. The summed E-state index contributed by atoms with van der Waals surface area (Å²) in [4.78, 5) is 0. The second-order valence-electron chi connectivity index (χ2n) is 4.83. The van der Waals surface area contributed by atoms with Gasteiger partial charge in [0.25, 0.3) is 0 Å². The molecule has 2 aromatic carbocycles. The molecule has 2 N–H and O–H groups in total. The van der Waals surface area contributed by atoms with E-state index in [0.29, 0.717) is 21.9 Å². The molecule has 0 aliphatic heterocycles. The summed E-state index contributed by atoms with van der Waals surface area (Å²) in [7, 11) is 1.54. The molecule has 2 rings (SSSR count). The van der Waals surface area contributed by atoms with Crippen molar-refractivity contribution in [3.63, 3.8) is 0 Å². The van der Waals surface area contributed by atoms with Crippen molar-refractivity contribution in [2.75, 3.05) is 7.11 Å². The summed E-state index contributed by atoms with van der Waals surface area (Å²) in [6.45, 7) is 3.74. The fourth-order valence-corrected chi connectivity index (χ4v) is 2.23. The third-order valence-corrected chi connectivity index (χ3v) is 3.69. The standard InChI is InChI=1S/C16H17ClFNO/c1-9-6-13(16(20-3)8-14(9)17)12-7-11(10(2)19)4-5-15(12)18/h4-8,10H,19H2,1-3H3.